The first-order valence-corrected chi connectivity index (χ1v) is 6.23. The van der Waals surface area contributed by atoms with Crippen LogP contribution in [0.25, 0.3) is 0 Å². The average molecular weight is 243 g/mol. The highest BCUT2D eigenvalue weighted by molar-refractivity contribution is 5.78. The SMILES string of the molecule is CC(OCCNC(=O)C1CCCCC1)C(=O)O. The molecule has 1 amide bonds. The van der Waals surface area contributed by atoms with Crippen molar-refractivity contribution in [1.82, 2.24) is 5.32 Å². The third-order valence-electron chi connectivity index (χ3n) is 3.09. The molecule has 0 heterocycles. The quantitative estimate of drug-likeness (QED) is 0.687. The minimum Gasteiger partial charge on any atom is -0.479 e. The van der Waals surface area contributed by atoms with E-state index in [4.69, 9.17) is 9.84 Å². The first-order chi connectivity index (χ1) is 8.11. The fraction of sp³-hybridized carbons (Fsp3) is 0.833. The van der Waals surface area contributed by atoms with Crippen LogP contribution in [0.1, 0.15) is 39.0 Å². The van der Waals surface area contributed by atoms with Gasteiger partial charge in [0.15, 0.2) is 6.10 Å². The van der Waals surface area contributed by atoms with E-state index in [9.17, 15) is 9.59 Å². The van der Waals surface area contributed by atoms with Crippen molar-refractivity contribution in [3.63, 3.8) is 0 Å². The van der Waals surface area contributed by atoms with Crippen molar-refractivity contribution in [3.05, 3.63) is 0 Å². The van der Waals surface area contributed by atoms with Gasteiger partial charge in [0, 0.05) is 12.5 Å². The van der Waals surface area contributed by atoms with Crippen molar-refractivity contribution in [2.75, 3.05) is 13.2 Å². The highest BCUT2D eigenvalue weighted by Crippen LogP contribution is 2.23. The summed E-state index contributed by atoms with van der Waals surface area (Å²) in [4.78, 5) is 22.2. The van der Waals surface area contributed by atoms with E-state index >= 15 is 0 Å². The molecule has 17 heavy (non-hydrogen) atoms. The molecule has 0 radical (unpaired) electrons. The molecule has 0 saturated heterocycles. The first kappa shape index (κ1) is 14.0. The van der Waals surface area contributed by atoms with Crippen molar-refractivity contribution in [1.29, 1.82) is 0 Å². The summed E-state index contributed by atoms with van der Waals surface area (Å²) in [5, 5.41) is 11.4. The standard InChI is InChI=1S/C12H21NO4/c1-9(12(15)16)17-8-7-13-11(14)10-5-3-2-4-6-10/h9-10H,2-8H2,1H3,(H,13,14)(H,15,16). The molecule has 1 atom stereocenters. The summed E-state index contributed by atoms with van der Waals surface area (Å²) in [5.74, 6) is -0.763. The molecule has 1 aliphatic rings. The maximum atomic E-state index is 11.7. The number of aliphatic carboxylic acids is 1. The number of ether oxygens (including phenoxy) is 1. The van der Waals surface area contributed by atoms with Crippen LogP contribution < -0.4 is 5.32 Å². The van der Waals surface area contributed by atoms with Crippen LogP contribution in [0.15, 0.2) is 0 Å². The molecular formula is C12H21NO4. The van der Waals surface area contributed by atoms with Crippen LogP contribution >= 0.6 is 0 Å². The van der Waals surface area contributed by atoms with Gasteiger partial charge in [-0.15, -0.1) is 0 Å². The second-order valence-corrected chi connectivity index (χ2v) is 4.48. The van der Waals surface area contributed by atoms with Crippen molar-refractivity contribution < 1.29 is 19.4 Å². The number of carboxylic acid groups (broad SMARTS) is 1. The predicted octanol–water partition coefficient (Wildman–Crippen LogP) is 1.17. The molecule has 5 nitrogen and oxygen atoms in total. The predicted molar refractivity (Wildman–Crippen MR) is 62.6 cm³/mol. The van der Waals surface area contributed by atoms with E-state index in [-0.39, 0.29) is 18.4 Å². The van der Waals surface area contributed by atoms with Gasteiger partial charge in [-0.25, -0.2) is 4.79 Å². The van der Waals surface area contributed by atoms with E-state index in [0.717, 1.165) is 25.7 Å². The summed E-state index contributed by atoms with van der Waals surface area (Å²) in [6.07, 6.45) is 4.61. The van der Waals surface area contributed by atoms with Crippen molar-refractivity contribution in [2.45, 2.75) is 45.1 Å². The molecule has 0 spiro atoms. The Kier molecular flexibility index (Phi) is 5.97. The number of amides is 1. The van der Waals surface area contributed by atoms with Gasteiger partial charge in [0.05, 0.1) is 6.61 Å². The monoisotopic (exact) mass is 243 g/mol. The van der Waals surface area contributed by atoms with Crippen molar-refractivity contribution in [2.24, 2.45) is 5.92 Å². The zero-order valence-corrected chi connectivity index (χ0v) is 10.3. The molecule has 1 rings (SSSR count). The van der Waals surface area contributed by atoms with Gasteiger partial charge in [-0.1, -0.05) is 19.3 Å². The highest BCUT2D eigenvalue weighted by atomic mass is 16.5. The van der Waals surface area contributed by atoms with E-state index in [1.165, 1.54) is 13.3 Å². The zero-order valence-electron chi connectivity index (χ0n) is 10.3. The van der Waals surface area contributed by atoms with Crippen LogP contribution in [0, 0.1) is 5.92 Å². The van der Waals surface area contributed by atoms with E-state index in [1.54, 1.807) is 0 Å². The van der Waals surface area contributed by atoms with Gasteiger partial charge < -0.3 is 15.2 Å². The van der Waals surface area contributed by atoms with Crippen molar-refractivity contribution >= 4 is 11.9 Å². The molecule has 0 aromatic heterocycles. The number of nitrogens with one attached hydrogen (secondary N) is 1. The fourth-order valence-electron chi connectivity index (χ4n) is 1.99. The number of hydrogen-bond acceptors (Lipinski definition) is 3. The number of hydrogen-bond donors (Lipinski definition) is 2. The minimum absolute atomic E-state index is 0.0799. The Labute approximate surface area is 102 Å². The molecule has 2 N–H and O–H groups in total. The third kappa shape index (κ3) is 5.17. The smallest absolute Gasteiger partial charge is 0.332 e. The molecule has 98 valence electrons. The molecule has 1 unspecified atom stereocenters. The summed E-state index contributed by atoms with van der Waals surface area (Å²) < 4.78 is 5.03. The molecule has 0 aromatic rings. The van der Waals surface area contributed by atoms with Crippen LogP contribution in [0.2, 0.25) is 0 Å². The molecule has 1 fully saturated rings. The van der Waals surface area contributed by atoms with E-state index in [1.807, 2.05) is 0 Å². The third-order valence-corrected chi connectivity index (χ3v) is 3.09. The molecule has 0 aromatic carbocycles. The minimum atomic E-state index is -0.983. The first-order valence-electron chi connectivity index (χ1n) is 6.23. The van der Waals surface area contributed by atoms with Gasteiger partial charge >= 0.3 is 5.97 Å². The molecule has 1 aliphatic carbocycles. The van der Waals surface area contributed by atoms with E-state index in [2.05, 4.69) is 5.32 Å². The Morgan fingerprint density at radius 1 is 1.35 bits per heavy atom. The molecule has 5 heteroatoms. The lowest BCUT2D eigenvalue weighted by molar-refractivity contribution is -0.149. The van der Waals surface area contributed by atoms with Gasteiger partial charge in [0.1, 0.15) is 0 Å². The maximum absolute atomic E-state index is 11.7. The summed E-state index contributed by atoms with van der Waals surface area (Å²) in [7, 11) is 0. The number of carbonyl (C=O) groups is 2. The second-order valence-electron chi connectivity index (χ2n) is 4.48. The highest BCUT2D eigenvalue weighted by Gasteiger charge is 2.20. The summed E-state index contributed by atoms with van der Waals surface area (Å²) >= 11 is 0. The van der Waals surface area contributed by atoms with Gasteiger partial charge in [-0.3, -0.25) is 4.79 Å². The van der Waals surface area contributed by atoms with Crippen LogP contribution in [-0.2, 0) is 14.3 Å². The molecular weight excluding hydrogens is 222 g/mol. The second kappa shape index (κ2) is 7.27. The van der Waals surface area contributed by atoms with Gasteiger partial charge in [-0.2, -0.15) is 0 Å². The maximum Gasteiger partial charge on any atom is 0.332 e. The Bertz CT molecular complexity index is 261. The summed E-state index contributed by atoms with van der Waals surface area (Å²) in [6.45, 7) is 2.10. The summed E-state index contributed by atoms with van der Waals surface area (Å²) in [5.41, 5.74) is 0. The normalized spacial score (nSPS) is 18.6. The number of rotatable bonds is 6. The van der Waals surface area contributed by atoms with Crippen LogP contribution in [0.5, 0.6) is 0 Å². The summed E-state index contributed by atoms with van der Waals surface area (Å²) in [6, 6.07) is 0. The Morgan fingerprint density at radius 3 is 2.59 bits per heavy atom. The van der Waals surface area contributed by atoms with Gasteiger partial charge in [0.2, 0.25) is 5.91 Å². The van der Waals surface area contributed by atoms with Crippen LogP contribution in [-0.4, -0.2) is 36.2 Å². The molecule has 0 bridgehead atoms. The Hall–Kier alpha value is -1.10. The van der Waals surface area contributed by atoms with Gasteiger partial charge in [-0.05, 0) is 19.8 Å². The molecule has 0 aliphatic heterocycles. The topological polar surface area (TPSA) is 75.6 Å². The number of carbonyl (C=O) groups excluding carboxylic acids is 1. The lowest BCUT2D eigenvalue weighted by atomic mass is 9.89. The largest absolute Gasteiger partial charge is 0.479 e. The van der Waals surface area contributed by atoms with Crippen LogP contribution in [0.4, 0.5) is 0 Å². The Morgan fingerprint density at radius 2 is 2.00 bits per heavy atom. The molecule has 1 saturated carbocycles. The zero-order chi connectivity index (χ0) is 12.7. The van der Waals surface area contributed by atoms with Crippen LogP contribution in [0.3, 0.4) is 0 Å². The fourth-order valence-corrected chi connectivity index (χ4v) is 1.99. The number of carboxylic acids is 1. The van der Waals surface area contributed by atoms with Gasteiger partial charge in [0.25, 0.3) is 0 Å². The van der Waals surface area contributed by atoms with E-state index < -0.39 is 12.1 Å². The lowest BCUT2D eigenvalue weighted by Gasteiger charge is -2.20. The average Bonchev–Trinajstić information content (AvgIpc) is 2.35. The van der Waals surface area contributed by atoms with E-state index in [0.29, 0.717) is 6.54 Å². The lowest BCUT2D eigenvalue weighted by Crippen LogP contribution is -2.35. The van der Waals surface area contributed by atoms with Crippen molar-refractivity contribution in [3.8, 4) is 0 Å². The Balaban J connectivity index is 2.09.